The number of hydrogen-bond acceptors (Lipinski definition) is 1. The van der Waals surface area contributed by atoms with Gasteiger partial charge in [0.1, 0.15) is 0 Å². The maximum Gasteiger partial charge on any atom is 0.472 e. The molecule has 0 N–H and O–H groups in total. The van der Waals surface area contributed by atoms with Crippen molar-refractivity contribution in [3.63, 3.8) is 0 Å². The van der Waals surface area contributed by atoms with E-state index in [4.69, 9.17) is 0 Å². The monoisotopic (exact) mass is 303 g/mol. The van der Waals surface area contributed by atoms with Gasteiger partial charge in [-0.1, -0.05) is 4.90 Å². The third-order valence-electron chi connectivity index (χ3n) is 1.46. The van der Waals surface area contributed by atoms with Crippen LogP contribution in [0.25, 0.3) is 0 Å². The molecule has 13 heteroatoms. The Hall–Kier alpha value is -0.880. The molecule has 110 valence electrons. The van der Waals surface area contributed by atoms with Gasteiger partial charge >= 0.3 is 31.0 Å². The zero-order valence-electron chi connectivity index (χ0n) is 7.56. The van der Waals surface area contributed by atoms with Crippen LogP contribution in [-0.4, -0.2) is 35.9 Å². The van der Waals surface area contributed by atoms with Gasteiger partial charge in [0.2, 0.25) is 0 Å². The number of alkyl halides is 12. The molecule has 0 aliphatic carbocycles. The molecule has 0 saturated heterocycles. The van der Waals surface area contributed by atoms with Crippen LogP contribution in [0.15, 0.2) is 0 Å². The summed E-state index contributed by atoms with van der Waals surface area (Å²) in [4.78, 5) is -3.88. The Labute approximate surface area is 89.9 Å². The van der Waals surface area contributed by atoms with E-state index in [2.05, 4.69) is 0 Å². The molecular formula is C5HF12N. The Kier molecular flexibility index (Phi) is 4.13. The van der Waals surface area contributed by atoms with E-state index >= 15 is 0 Å². The van der Waals surface area contributed by atoms with Crippen molar-refractivity contribution in [3.05, 3.63) is 0 Å². The molecule has 0 fully saturated rings. The molecule has 0 amide bonds. The van der Waals surface area contributed by atoms with E-state index in [1.807, 2.05) is 0 Å². The molecule has 0 radical (unpaired) electrons. The first-order chi connectivity index (χ1) is 7.56. The van der Waals surface area contributed by atoms with Gasteiger partial charge < -0.3 is 0 Å². The molecule has 0 aromatic heterocycles. The van der Waals surface area contributed by atoms with Gasteiger partial charge in [-0.2, -0.15) is 43.9 Å². The van der Waals surface area contributed by atoms with Crippen LogP contribution in [0.2, 0.25) is 0 Å². The van der Waals surface area contributed by atoms with Crippen molar-refractivity contribution in [1.29, 1.82) is 0 Å². The Bertz CT molecular complexity index is 272. The Balaban J connectivity index is 5.79. The fourth-order valence-corrected chi connectivity index (χ4v) is 0.743. The molecule has 0 spiro atoms. The highest BCUT2D eigenvalue weighted by molar-refractivity contribution is 4.89. The fraction of sp³-hybridized carbons (Fsp3) is 1.00. The first-order valence-corrected chi connectivity index (χ1v) is 3.54. The topological polar surface area (TPSA) is 3.24 Å². The summed E-state index contributed by atoms with van der Waals surface area (Å²) in [5.41, 5.74) is 0. The smallest absolute Gasteiger partial charge is 0.203 e. The first-order valence-electron chi connectivity index (χ1n) is 3.54. The fourth-order valence-electron chi connectivity index (χ4n) is 0.743. The quantitative estimate of drug-likeness (QED) is 0.566. The molecule has 0 saturated carbocycles. The SMILES string of the molecule is FC(F)C(F)(F)C(F)(F)N(C(F)(F)F)C(F)(F)F. The van der Waals surface area contributed by atoms with Gasteiger partial charge in [-0.3, -0.25) is 0 Å². The second-order valence-electron chi connectivity index (χ2n) is 2.74. The molecular weight excluding hydrogens is 302 g/mol. The van der Waals surface area contributed by atoms with Gasteiger partial charge in [0.25, 0.3) is 0 Å². The second-order valence-corrected chi connectivity index (χ2v) is 2.74. The van der Waals surface area contributed by atoms with E-state index in [9.17, 15) is 52.7 Å². The van der Waals surface area contributed by atoms with Crippen molar-refractivity contribution in [2.45, 2.75) is 31.0 Å². The average Bonchev–Trinajstić information content (AvgIpc) is 1.95. The normalized spacial score (nSPS) is 15.7. The largest absolute Gasteiger partial charge is 0.472 e. The van der Waals surface area contributed by atoms with Gasteiger partial charge in [-0.05, 0) is 0 Å². The number of halogens is 12. The molecule has 18 heavy (non-hydrogen) atoms. The summed E-state index contributed by atoms with van der Waals surface area (Å²) in [6.07, 6.45) is -19.5. The van der Waals surface area contributed by atoms with Crippen molar-refractivity contribution in [3.8, 4) is 0 Å². The zero-order chi connectivity index (χ0) is 15.2. The van der Waals surface area contributed by atoms with Crippen LogP contribution in [0, 0.1) is 0 Å². The minimum atomic E-state index is -7.20. The van der Waals surface area contributed by atoms with Crippen LogP contribution < -0.4 is 0 Å². The zero-order valence-corrected chi connectivity index (χ0v) is 7.56. The van der Waals surface area contributed by atoms with E-state index < -0.39 is 35.9 Å². The lowest BCUT2D eigenvalue weighted by Gasteiger charge is -2.36. The first kappa shape index (κ1) is 17.1. The van der Waals surface area contributed by atoms with E-state index in [1.165, 1.54) is 0 Å². The molecule has 0 aliphatic rings. The summed E-state index contributed by atoms with van der Waals surface area (Å²) in [5.74, 6) is -6.85. The third-order valence-corrected chi connectivity index (χ3v) is 1.46. The molecule has 0 rings (SSSR count). The summed E-state index contributed by atoms with van der Waals surface area (Å²) >= 11 is 0. The lowest BCUT2D eigenvalue weighted by molar-refractivity contribution is -0.476. The van der Waals surface area contributed by atoms with Crippen LogP contribution in [0.5, 0.6) is 0 Å². The Morgan fingerprint density at radius 3 is 1.06 bits per heavy atom. The van der Waals surface area contributed by atoms with Crippen molar-refractivity contribution in [1.82, 2.24) is 4.90 Å². The van der Waals surface area contributed by atoms with Crippen molar-refractivity contribution in [2.75, 3.05) is 0 Å². The molecule has 0 aromatic rings. The third kappa shape index (κ3) is 2.92. The lowest BCUT2D eigenvalue weighted by atomic mass is 10.2. The average molecular weight is 303 g/mol. The van der Waals surface area contributed by atoms with Gasteiger partial charge in [0, 0.05) is 0 Å². The predicted octanol–water partition coefficient (Wildman–Crippen LogP) is 3.82. The molecule has 1 nitrogen and oxygen atoms in total. The van der Waals surface area contributed by atoms with E-state index in [1.54, 1.807) is 0 Å². The van der Waals surface area contributed by atoms with Crippen molar-refractivity contribution < 1.29 is 52.7 Å². The van der Waals surface area contributed by atoms with Crippen LogP contribution in [0.4, 0.5) is 52.7 Å². The highest BCUT2D eigenvalue weighted by Crippen LogP contribution is 2.50. The molecule has 0 atom stereocenters. The molecule has 0 heterocycles. The van der Waals surface area contributed by atoms with Crippen LogP contribution in [0.1, 0.15) is 0 Å². The molecule has 0 aromatic carbocycles. The van der Waals surface area contributed by atoms with E-state index in [0.717, 1.165) is 0 Å². The molecule has 0 bridgehead atoms. The minimum Gasteiger partial charge on any atom is -0.203 e. The lowest BCUT2D eigenvalue weighted by Crippen LogP contribution is -2.66. The second kappa shape index (κ2) is 4.35. The summed E-state index contributed by atoms with van der Waals surface area (Å²) in [7, 11) is 0. The summed E-state index contributed by atoms with van der Waals surface area (Å²) < 4.78 is 142. The highest BCUT2D eigenvalue weighted by Gasteiger charge is 2.77. The maximum atomic E-state index is 12.4. The number of rotatable bonds is 3. The van der Waals surface area contributed by atoms with E-state index in [0.29, 0.717) is 0 Å². The standard InChI is InChI=1S/C5HF12N/c6-1(7)2(8,9)3(10,11)18(4(12,13)14)5(15,16)17/h1H. The Morgan fingerprint density at radius 1 is 0.611 bits per heavy atom. The van der Waals surface area contributed by atoms with Gasteiger partial charge in [0.05, 0.1) is 0 Å². The summed E-state index contributed by atoms with van der Waals surface area (Å²) in [6, 6.07) is -7.20. The number of nitrogens with zero attached hydrogens (tertiary/aromatic N) is 1. The van der Waals surface area contributed by atoms with Gasteiger partial charge in [0.15, 0.2) is 0 Å². The van der Waals surface area contributed by atoms with Crippen LogP contribution in [-0.2, 0) is 0 Å². The molecule has 0 aliphatic heterocycles. The highest BCUT2D eigenvalue weighted by atomic mass is 19.4. The van der Waals surface area contributed by atoms with Crippen LogP contribution >= 0.6 is 0 Å². The van der Waals surface area contributed by atoms with Gasteiger partial charge in [-0.15, -0.1) is 0 Å². The van der Waals surface area contributed by atoms with Crippen molar-refractivity contribution in [2.24, 2.45) is 0 Å². The van der Waals surface area contributed by atoms with E-state index in [-0.39, 0.29) is 0 Å². The summed E-state index contributed by atoms with van der Waals surface area (Å²) in [6.45, 7) is 0. The predicted molar refractivity (Wildman–Crippen MR) is 29.8 cm³/mol. The van der Waals surface area contributed by atoms with Crippen LogP contribution in [0.3, 0.4) is 0 Å². The van der Waals surface area contributed by atoms with Gasteiger partial charge in [-0.25, -0.2) is 8.78 Å². The minimum absolute atomic E-state index is 3.88. The maximum absolute atomic E-state index is 12.4. The molecule has 0 unspecified atom stereocenters. The number of hydrogen-bond donors (Lipinski definition) is 0. The summed E-state index contributed by atoms with van der Waals surface area (Å²) in [5, 5.41) is 0. The van der Waals surface area contributed by atoms with Crippen molar-refractivity contribution >= 4 is 0 Å². The Morgan fingerprint density at radius 2 is 0.889 bits per heavy atom.